The van der Waals surface area contributed by atoms with Gasteiger partial charge in [-0.1, -0.05) is 170 Å². The fourth-order valence-electron chi connectivity index (χ4n) is 8.17. The summed E-state index contributed by atoms with van der Waals surface area (Å²) in [4.78, 5) is 15.5. The molecule has 0 aliphatic carbocycles. The van der Waals surface area contributed by atoms with Crippen LogP contribution >= 0.6 is 11.3 Å². The van der Waals surface area contributed by atoms with Gasteiger partial charge >= 0.3 is 0 Å². The molecule has 55 heavy (non-hydrogen) atoms. The lowest BCUT2D eigenvalue weighted by atomic mass is 9.89. The minimum Gasteiger partial charge on any atom is -0.208 e. The van der Waals surface area contributed by atoms with Crippen molar-refractivity contribution in [1.29, 1.82) is 0 Å². The summed E-state index contributed by atoms with van der Waals surface area (Å²) in [5.74, 6) is 1.93. The molecule has 0 saturated carbocycles. The number of nitrogens with zero attached hydrogens (tertiary/aromatic N) is 3. The van der Waals surface area contributed by atoms with E-state index in [0.717, 1.165) is 27.8 Å². The van der Waals surface area contributed by atoms with Crippen LogP contribution in [-0.4, -0.2) is 15.0 Å². The molecule has 0 fully saturated rings. The van der Waals surface area contributed by atoms with Crippen molar-refractivity contribution in [1.82, 2.24) is 15.0 Å². The predicted octanol–water partition coefficient (Wildman–Crippen LogP) is 14.0. The molecular formula is C51H31N3S. The summed E-state index contributed by atoms with van der Waals surface area (Å²) < 4.78 is 2.55. The highest BCUT2D eigenvalue weighted by Crippen LogP contribution is 2.43. The topological polar surface area (TPSA) is 38.7 Å². The smallest absolute Gasteiger partial charge is 0.164 e. The van der Waals surface area contributed by atoms with E-state index >= 15 is 0 Å². The molecule has 3 nitrogen and oxygen atoms in total. The van der Waals surface area contributed by atoms with Gasteiger partial charge in [0.25, 0.3) is 0 Å². The molecule has 9 aromatic carbocycles. The molecule has 0 aliphatic heterocycles. The number of hydrogen-bond acceptors (Lipinski definition) is 4. The van der Waals surface area contributed by atoms with Gasteiger partial charge in [-0.15, -0.1) is 11.3 Å². The maximum absolute atomic E-state index is 5.23. The Bertz CT molecular complexity index is 3260. The zero-order valence-electron chi connectivity index (χ0n) is 29.6. The van der Waals surface area contributed by atoms with Crippen molar-refractivity contribution < 1.29 is 0 Å². The van der Waals surface area contributed by atoms with E-state index in [0.29, 0.717) is 17.5 Å². The molecule has 256 valence electrons. The first kappa shape index (κ1) is 31.5. The Morgan fingerprint density at radius 3 is 1.71 bits per heavy atom. The summed E-state index contributed by atoms with van der Waals surface area (Å²) in [7, 11) is 0. The van der Waals surface area contributed by atoms with Crippen LogP contribution < -0.4 is 0 Å². The Kier molecular flexibility index (Phi) is 7.35. The fourth-order valence-corrected chi connectivity index (χ4v) is 9.30. The lowest BCUT2D eigenvalue weighted by molar-refractivity contribution is 1.07. The van der Waals surface area contributed by atoms with Crippen LogP contribution in [0.1, 0.15) is 0 Å². The van der Waals surface area contributed by atoms with Gasteiger partial charge in [0.1, 0.15) is 0 Å². The van der Waals surface area contributed by atoms with Crippen molar-refractivity contribution in [2.24, 2.45) is 0 Å². The van der Waals surface area contributed by atoms with E-state index in [9.17, 15) is 0 Å². The van der Waals surface area contributed by atoms with Crippen LogP contribution in [0.25, 0.3) is 109 Å². The summed E-state index contributed by atoms with van der Waals surface area (Å²) >= 11 is 1.83. The molecule has 11 rings (SSSR count). The molecule has 0 atom stereocenters. The molecule has 0 bridgehead atoms. The van der Waals surface area contributed by atoms with Crippen LogP contribution in [0.4, 0.5) is 0 Å². The average Bonchev–Trinajstić information content (AvgIpc) is 3.65. The standard InChI is InChI=1S/C51H31N3S/c1-2-14-34(15-3-1)49-52-50(54-51(53-49)42-20-9-8-19-39(42)40-22-12-24-46-48(40)43-21-10-11-23-45(43)55-46)35-27-25-33(26-28-35)47-38-18-7-5-16-36(38)31-44-37-17-6-4-13-32(37)29-30-41(44)47/h1-31H. The monoisotopic (exact) mass is 717 g/mol. The van der Waals surface area contributed by atoms with Crippen LogP contribution in [0.15, 0.2) is 188 Å². The highest BCUT2D eigenvalue weighted by atomic mass is 32.1. The molecule has 2 aromatic heterocycles. The lowest BCUT2D eigenvalue weighted by Crippen LogP contribution is -2.01. The molecule has 0 N–H and O–H groups in total. The van der Waals surface area contributed by atoms with Crippen LogP contribution in [0.5, 0.6) is 0 Å². The zero-order valence-corrected chi connectivity index (χ0v) is 30.5. The van der Waals surface area contributed by atoms with Crippen LogP contribution in [0.2, 0.25) is 0 Å². The van der Waals surface area contributed by atoms with Gasteiger partial charge in [-0.2, -0.15) is 0 Å². The summed E-state index contributed by atoms with van der Waals surface area (Å²) in [5, 5.41) is 9.99. The Labute approximate surface area is 321 Å². The molecule has 0 saturated heterocycles. The molecule has 4 heteroatoms. The number of benzene rings is 9. The van der Waals surface area contributed by atoms with Crippen LogP contribution in [0, 0.1) is 0 Å². The molecule has 0 spiro atoms. The Balaban J connectivity index is 1.09. The third-order valence-corrected chi connectivity index (χ3v) is 11.9. The number of fused-ring (bicyclic) bond motifs is 7. The van der Waals surface area contributed by atoms with Gasteiger partial charge in [-0.05, 0) is 72.8 Å². The largest absolute Gasteiger partial charge is 0.208 e. The Morgan fingerprint density at radius 1 is 0.309 bits per heavy atom. The first-order valence-electron chi connectivity index (χ1n) is 18.5. The van der Waals surface area contributed by atoms with E-state index in [1.54, 1.807) is 0 Å². The number of thiophene rings is 1. The predicted molar refractivity (Wildman–Crippen MR) is 232 cm³/mol. The van der Waals surface area contributed by atoms with E-state index in [4.69, 9.17) is 15.0 Å². The Hall–Kier alpha value is -7.01. The van der Waals surface area contributed by atoms with Gasteiger partial charge < -0.3 is 0 Å². The van der Waals surface area contributed by atoms with Crippen LogP contribution in [-0.2, 0) is 0 Å². The fraction of sp³-hybridized carbons (Fsp3) is 0. The van der Waals surface area contributed by atoms with E-state index in [2.05, 4.69) is 170 Å². The quantitative estimate of drug-likeness (QED) is 0.131. The summed E-state index contributed by atoms with van der Waals surface area (Å²) in [6.07, 6.45) is 0. The number of aromatic nitrogens is 3. The minimum absolute atomic E-state index is 0.637. The van der Waals surface area contributed by atoms with E-state index < -0.39 is 0 Å². The molecule has 0 radical (unpaired) electrons. The van der Waals surface area contributed by atoms with Crippen LogP contribution in [0.3, 0.4) is 0 Å². The number of rotatable bonds is 5. The van der Waals surface area contributed by atoms with Gasteiger partial charge in [0.15, 0.2) is 17.5 Å². The van der Waals surface area contributed by atoms with Crippen molar-refractivity contribution in [3.05, 3.63) is 188 Å². The van der Waals surface area contributed by atoms with E-state index in [1.165, 1.54) is 63.6 Å². The van der Waals surface area contributed by atoms with Crippen molar-refractivity contribution in [2.45, 2.75) is 0 Å². The maximum Gasteiger partial charge on any atom is 0.164 e. The SMILES string of the molecule is c1ccc(-c2nc(-c3ccc(-c4c5ccccc5cc5c4ccc4ccccc45)cc3)nc(-c3ccccc3-c3cccc4sc5ccccc5c34)n2)cc1. The molecule has 0 aliphatic rings. The molecule has 11 aromatic rings. The maximum atomic E-state index is 5.23. The second kappa shape index (κ2) is 12.8. The molecule has 2 heterocycles. The summed E-state index contributed by atoms with van der Waals surface area (Å²) in [6, 6.07) is 66.9. The van der Waals surface area contributed by atoms with Gasteiger partial charge in [-0.25, -0.2) is 15.0 Å². The van der Waals surface area contributed by atoms with Gasteiger partial charge in [0.05, 0.1) is 0 Å². The highest BCUT2D eigenvalue weighted by molar-refractivity contribution is 7.25. The number of hydrogen-bond donors (Lipinski definition) is 0. The van der Waals surface area contributed by atoms with Crippen molar-refractivity contribution in [2.75, 3.05) is 0 Å². The van der Waals surface area contributed by atoms with Crippen molar-refractivity contribution >= 4 is 63.8 Å². The normalized spacial score (nSPS) is 11.6. The van der Waals surface area contributed by atoms with E-state index in [1.807, 2.05) is 29.5 Å². The first-order valence-corrected chi connectivity index (χ1v) is 19.3. The zero-order chi connectivity index (χ0) is 36.3. The molecule has 0 unspecified atom stereocenters. The second-order valence-electron chi connectivity index (χ2n) is 13.9. The first-order chi connectivity index (χ1) is 27.3. The van der Waals surface area contributed by atoms with Gasteiger partial charge in [0.2, 0.25) is 0 Å². The summed E-state index contributed by atoms with van der Waals surface area (Å²) in [5.41, 5.74) is 7.50. The average molecular weight is 718 g/mol. The Morgan fingerprint density at radius 2 is 0.891 bits per heavy atom. The minimum atomic E-state index is 0.637. The molecule has 0 amide bonds. The lowest BCUT2D eigenvalue weighted by Gasteiger charge is -2.15. The van der Waals surface area contributed by atoms with Crippen molar-refractivity contribution in [3.8, 4) is 56.4 Å². The third-order valence-electron chi connectivity index (χ3n) is 10.7. The highest BCUT2D eigenvalue weighted by Gasteiger charge is 2.19. The second-order valence-corrected chi connectivity index (χ2v) is 15.0. The molecular weight excluding hydrogens is 687 g/mol. The van der Waals surface area contributed by atoms with Gasteiger partial charge in [-0.3, -0.25) is 0 Å². The van der Waals surface area contributed by atoms with E-state index in [-0.39, 0.29) is 0 Å². The van der Waals surface area contributed by atoms with Gasteiger partial charge in [0, 0.05) is 36.9 Å². The summed E-state index contributed by atoms with van der Waals surface area (Å²) in [6.45, 7) is 0. The van der Waals surface area contributed by atoms with Crippen molar-refractivity contribution in [3.63, 3.8) is 0 Å². The third kappa shape index (κ3) is 5.30.